The molecule has 0 saturated carbocycles. The summed E-state index contributed by atoms with van der Waals surface area (Å²) in [6.45, 7) is 8.90. The third-order valence-electron chi connectivity index (χ3n) is 2.52. The summed E-state index contributed by atoms with van der Waals surface area (Å²) >= 11 is 0. The van der Waals surface area contributed by atoms with Gasteiger partial charge in [0.2, 0.25) is 0 Å². The quantitative estimate of drug-likeness (QED) is 0.867. The fraction of sp³-hybridized carbons (Fsp3) is 0.615. The van der Waals surface area contributed by atoms with E-state index in [1.165, 1.54) is 10.5 Å². The number of rotatable bonds is 6. The van der Waals surface area contributed by atoms with Gasteiger partial charge in [-0.05, 0) is 24.0 Å². The standard InChI is InChI=1S/C13H23N3O2S/c1-10(2)8-16(9-11(3)4)19(17,18)13-12(14)6-5-7-15-13/h5-7,10-11H,8-9,14H2,1-4H3. The second-order valence-electron chi connectivity index (χ2n) is 5.51. The smallest absolute Gasteiger partial charge is 0.262 e. The molecule has 0 saturated heterocycles. The first kappa shape index (κ1) is 15.9. The average Bonchev–Trinajstić information content (AvgIpc) is 2.27. The lowest BCUT2D eigenvalue weighted by atomic mass is 10.2. The zero-order chi connectivity index (χ0) is 14.6. The SMILES string of the molecule is CC(C)CN(CC(C)C)S(=O)(=O)c1ncccc1N. The first-order valence-electron chi connectivity index (χ1n) is 6.45. The van der Waals surface area contributed by atoms with Crippen molar-refractivity contribution in [3.8, 4) is 0 Å². The Hall–Kier alpha value is -1.14. The lowest BCUT2D eigenvalue weighted by Gasteiger charge is -2.25. The van der Waals surface area contributed by atoms with Gasteiger partial charge in [0, 0.05) is 19.3 Å². The highest BCUT2D eigenvalue weighted by atomic mass is 32.2. The summed E-state index contributed by atoms with van der Waals surface area (Å²) in [5, 5.41) is -0.0451. The van der Waals surface area contributed by atoms with Gasteiger partial charge in [-0.25, -0.2) is 13.4 Å². The molecule has 0 aliphatic heterocycles. The Morgan fingerprint density at radius 3 is 2.16 bits per heavy atom. The van der Waals surface area contributed by atoms with Crippen LogP contribution in [0.1, 0.15) is 27.7 Å². The fourth-order valence-corrected chi connectivity index (χ4v) is 3.62. The van der Waals surface area contributed by atoms with Gasteiger partial charge in [0.25, 0.3) is 10.0 Å². The molecule has 0 fully saturated rings. The molecular formula is C13H23N3O2S. The van der Waals surface area contributed by atoms with Gasteiger partial charge in [0.1, 0.15) is 0 Å². The second-order valence-corrected chi connectivity index (χ2v) is 7.36. The summed E-state index contributed by atoms with van der Waals surface area (Å²) in [5.41, 5.74) is 5.93. The van der Waals surface area contributed by atoms with Crippen molar-refractivity contribution in [1.82, 2.24) is 9.29 Å². The van der Waals surface area contributed by atoms with E-state index in [0.29, 0.717) is 13.1 Å². The summed E-state index contributed by atoms with van der Waals surface area (Å²) in [7, 11) is -3.62. The molecule has 0 amide bonds. The molecule has 19 heavy (non-hydrogen) atoms. The molecule has 2 N–H and O–H groups in total. The lowest BCUT2D eigenvalue weighted by Crippen LogP contribution is -2.37. The zero-order valence-corrected chi connectivity index (χ0v) is 12.8. The topological polar surface area (TPSA) is 76.3 Å². The van der Waals surface area contributed by atoms with Gasteiger partial charge < -0.3 is 5.73 Å². The maximum absolute atomic E-state index is 12.6. The van der Waals surface area contributed by atoms with Crippen LogP contribution in [-0.2, 0) is 10.0 Å². The summed E-state index contributed by atoms with van der Waals surface area (Å²) in [6, 6.07) is 3.19. The molecule has 1 rings (SSSR count). The lowest BCUT2D eigenvalue weighted by molar-refractivity contribution is 0.332. The van der Waals surface area contributed by atoms with Crippen molar-refractivity contribution in [3.05, 3.63) is 18.3 Å². The molecule has 0 unspecified atom stereocenters. The van der Waals surface area contributed by atoms with Gasteiger partial charge in [-0.15, -0.1) is 0 Å². The minimum atomic E-state index is -3.62. The molecular weight excluding hydrogens is 262 g/mol. The number of nitrogen functional groups attached to an aromatic ring is 1. The highest BCUT2D eigenvalue weighted by Gasteiger charge is 2.28. The first-order valence-corrected chi connectivity index (χ1v) is 7.89. The molecule has 0 spiro atoms. The van der Waals surface area contributed by atoms with Gasteiger partial charge >= 0.3 is 0 Å². The van der Waals surface area contributed by atoms with Crippen LogP contribution in [0.5, 0.6) is 0 Å². The van der Waals surface area contributed by atoms with Gasteiger partial charge in [-0.3, -0.25) is 0 Å². The van der Waals surface area contributed by atoms with Crippen molar-refractivity contribution in [1.29, 1.82) is 0 Å². The van der Waals surface area contributed by atoms with E-state index >= 15 is 0 Å². The summed E-state index contributed by atoms with van der Waals surface area (Å²) in [6.07, 6.45) is 1.45. The predicted molar refractivity (Wildman–Crippen MR) is 77.1 cm³/mol. The molecule has 1 heterocycles. The van der Waals surface area contributed by atoms with Gasteiger partial charge in [0.15, 0.2) is 5.03 Å². The molecule has 108 valence electrons. The highest BCUT2D eigenvalue weighted by molar-refractivity contribution is 7.89. The molecule has 0 atom stereocenters. The maximum Gasteiger partial charge on any atom is 0.262 e. The Balaban J connectivity index is 3.16. The van der Waals surface area contributed by atoms with Crippen molar-refractivity contribution < 1.29 is 8.42 Å². The van der Waals surface area contributed by atoms with E-state index in [9.17, 15) is 8.42 Å². The second kappa shape index (κ2) is 6.34. The predicted octanol–water partition coefficient (Wildman–Crippen LogP) is 1.97. The van der Waals surface area contributed by atoms with Crippen molar-refractivity contribution in [2.75, 3.05) is 18.8 Å². The zero-order valence-electron chi connectivity index (χ0n) is 12.0. The molecule has 0 aliphatic carbocycles. The highest BCUT2D eigenvalue weighted by Crippen LogP contribution is 2.21. The summed E-state index contributed by atoms with van der Waals surface area (Å²) in [4.78, 5) is 3.93. The molecule has 0 aromatic carbocycles. The average molecular weight is 285 g/mol. The van der Waals surface area contributed by atoms with Crippen LogP contribution in [0.2, 0.25) is 0 Å². The van der Waals surface area contributed by atoms with E-state index < -0.39 is 10.0 Å². The molecule has 1 aromatic rings. The number of hydrogen-bond donors (Lipinski definition) is 1. The monoisotopic (exact) mass is 285 g/mol. The minimum Gasteiger partial charge on any atom is -0.396 e. The van der Waals surface area contributed by atoms with Crippen LogP contribution >= 0.6 is 0 Å². The fourth-order valence-electron chi connectivity index (χ4n) is 1.83. The number of nitrogens with zero attached hydrogens (tertiary/aromatic N) is 2. The number of anilines is 1. The van der Waals surface area contributed by atoms with Crippen LogP contribution in [0.15, 0.2) is 23.4 Å². The Bertz CT molecular complexity index is 502. The van der Waals surface area contributed by atoms with E-state index in [1.807, 2.05) is 27.7 Å². The van der Waals surface area contributed by atoms with Gasteiger partial charge in [-0.1, -0.05) is 27.7 Å². The largest absolute Gasteiger partial charge is 0.396 e. The normalized spacial score (nSPS) is 12.6. The van der Waals surface area contributed by atoms with Crippen LogP contribution in [0.4, 0.5) is 5.69 Å². The molecule has 0 radical (unpaired) electrons. The van der Waals surface area contributed by atoms with E-state index in [2.05, 4.69) is 4.98 Å². The van der Waals surface area contributed by atoms with E-state index in [4.69, 9.17) is 5.73 Å². The van der Waals surface area contributed by atoms with Gasteiger partial charge in [-0.2, -0.15) is 4.31 Å². The number of hydrogen-bond acceptors (Lipinski definition) is 4. The molecule has 0 aliphatic rings. The number of nitrogens with two attached hydrogens (primary N) is 1. The molecule has 5 nitrogen and oxygen atoms in total. The molecule has 0 bridgehead atoms. The molecule has 1 aromatic heterocycles. The van der Waals surface area contributed by atoms with Crippen molar-refractivity contribution in [3.63, 3.8) is 0 Å². The van der Waals surface area contributed by atoms with Crippen molar-refractivity contribution >= 4 is 15.7 Å². The van der Waals surface area contributed by atoms with E-state index in [0.717, 1.165) is 0 Å². The Morgan fingerprint density at radius 2 is 1.74 bits per heavy atom. The third kappa shape index (κ3) is 4.18. The number of pyridine rings is 1. The Kier molecular flexibility index (Phi) is 5.31. The van der Waals surface area contributed by atoms with E-state index in [-0.39, 0.29) is 22.5 Å². The summed E-state index contributed by atoms with van der Waals surface area (Å²) in [5.74, 6) is 0.497. The van der Waals surface area contributed by atoms with Crippen molar-refractivity contribution in [2.45, 2.75) is 32.7 Å². The maximum atomic E-state index is 12.6. The van der Waals surface area contributed by atoms with Crippen LogP contribution in [0.25, 0.3) is 0 Å². The number of aromatic nitrogens is 1. The Morgan fingerprint density at radius 1 is 1.21 bits per heavy atom. The van der Waals surface area contributed by atoms with Crippen LogP contribution in [0.3, 0.4) is 0 Å². The van der Waals surface area contributed by atoms with Crippen molar-refractivity contribution in [2.24, 2.45) is 11.8 Å². The summed E-state index contributed by atoms with van der Waals surface area (Å²) < 4.78 is 26.7. The van der Waals surface area contributed by atoms with Crippen LogP contribution in [-0.4, -0.2) is 30.8 Å². The number of sulfonamides is 1. The third-order valence-corrected chi connectivity index (χ3v) is 4.33. The minimum absolute atomic E-state index is 0.0451. The Labute approximate surface area is 115 Å². The van der Waals surface area contributed by atoms with Crippen LogP contribution in [0, 0.1) is 11.8 Å². The van der Waals surface area contributed by atoms with Gasteiger partial charge in [0.05, 0.1) is 5.69 Å². The van der Waals surface area contributed by atoms with E-state index in [1.54, 1.807) is 12.1 Å². The first-order chi connectivity index (χ1) is 8.75. The van der Waals surface area contributed by atoms with Crippen LogP contribution < -0.4 is 5.73 Å². The molecule has 6 heteroatoms.